The second kappa shape index (κ2) is 6.23. The molecule has 1 aliphatic rings. The Morgan fingerprint density at radius 2 is 2.05 bits per heavy atom. The van der Waals surface area contributed by atoms with Crippen LogP contribution in [0.4, 0.5) is 0 Å². The van der Waals surface area contributed by atoms with Gasteiger partial charge in [-0.3, -0.25) is 4.79 Å². The van der Waals surface area contributed by atoms with Crippen LogP contribution in [0.25, 0.3) is 10.9 Å². The number of benzene rings is 1. The second-order valence-corrected chi connectivity index (χ2v) is 6.41. The predicted octanol–water partition coefficient (Wildman–Crippen LogP) is 1.61. The van der Waals surface area contributed by atoms with Crippen molar-refractivity contribution in [1.82, 2.24) is 4.98 Å². The highest BCUT2D eigenvalue weighted by Crippen LogP contribution is 2.22. The number of aromatic nitrogens is 1. The van der Waals surface area contributed by atoms with E-state index in [1.165, 1.54) is 10.5 Å². The lowest BCUT2D eigenvalue weighted by molar-refractivity contribution is -0.906. The van der Waals surface area contributed by atoms with Gasteiger partial charge in [-0.25, -0.2) is 0 Å². The fourth-order valence-electron chi connectivity index (χ4n) is 3.60. The van der Waals surface area contributed by atoms with Gasteiger partial charge in [-0.05, 0) is 25.8 Å². The lowest BCUT2D eigenvalue weighted by Crippen LogP contribution is -3.16. The largest absolute Gasteiger partial charge is 0.364 e. The van der Waals surface area contributed by atoms with Crippen LogP contribution in [0.3, 0.4) is 0 Å². The maximum absolute atomic E-state index is 12.7. The number of ketones is 1. The minimum Gasteiger partial charge on any atom is -0.364 e. The third-order valence-electron chi connectivity index (χ3n) is 4.51. The summed E-state index contributed by atoms with van der Waals surface area (Å²) in [4.78, 5) is 17.3. The van der Waals surface area contributed by atoms with E-state index in [0.29, 0.717) is 6.54 Å². The van der Waals surface area contributed by atoms with Crippen molar-refractivity contribution in [2.45, 2.75) is 39.4 Å². The maximum atomic E-state index is 12.7. The summed E-state index contributed by atoms with van der Waals surface area (Å²) in [5, 5.41) is 1.05. The molecule has 0 unspecified atom stereocenters. The van der Waals surface area contributed by atoms with Gasteiger partial charge in [0.25, 0.3) is 0 Å². The van der Waals surface area contributed by atoms with Crippen LogP contribution in [-0.4, -0.2) is 42.6 Å². The van der Waals surface area contributed by atoms with Gasteiger partial charge in [0.2, 0.25) is 5.78 Å². The minimum absolute atomic E-state index is 0.218. The molecule has 1 fully saturated rings. The van der Waals surface area contributed by atoms with Crippen LogP contribution in [0.2, 0.25) is 0 Å². The Bertz CT molecular complexity index is 667. The quantitative estimate of drug-likeness (QED) is 0.843. The lowest BCUT2D eigenvalue weighted by atomic mass is 10.0. The number of hydrogen-bond donors (Lipinski definition) is 2. The van der Waals surface area contributed by atoms with Gasteiger partial charge in [-0.2, -0.15) is 0 Å². The molecule has 2 atom stereocenters. The van der Waals surface area contributed by atoms with E-state index >= 15 is 0 Å². The van der Waals surface area contributed by atoms with E-state index in [1.807, 2.05) is 18.3 Å². The number of carbonyl (C=O) groups is 1. The fraction of sp³-hybridized carbons (Fsp3) is 0.500. The summed E-state index contributed by atoms with van der Waals surface area (Å²) in [6, 6.07) is 6.19. The first kappa shape index (κ1) is 15.3. The third-order valence-corrected chi connectivity index (χ3v) is 4.51. The maximum Gasteiger partial charge on any atom is 0.219 e. The second-order valence-electron chi connectivity index (χ2n) is 6.41. The number of fused-ring (bicyclic) bond motifs is 1. The number of quaternary nitrogens is 1. The molecule has 1 aromatic carbocycles. The van der Waals surface area contributed by atoms with E-state index in [2.05, 4.69) is 31.8 Å². The summed E-state index contributed by atoms with van der Waals surface area (Å²) in [6.07, 6.45) is 3.29. The number of aromatic amines is 1. The number of ether oxygens (including phenoxy) is 1. The van der Waals surface area contributed by atoms with Crippen molar-refractivity contribution in [3.63, 3.8) is 0 Å². The number of H-pyrrole nitrogens is 1. The molecule has 1 saturated heterocycles. The van der Waals surface area contributed by atoms with Crippen molar-refractivity contribution < 1.29 is 14.4 Å². The van der Waals surface area contributed by atoms with E-state index in [4.69, 9.17) is 4.74 Å². The zero-order valence-electron chi connectivity index (χ0n) is 13.6. The summed E-state index contributed by atoms with van der Waals surface area (Å²) in [6.45, 7) is 8.65. The van der Waals surface area contributed by atoms with Crippen molar-refractivity contribution in [3.8, 4) is 0 Å². The molecule has 0 saturated carbocycles. The third kappa shape index (κ3) is 2.94. The lowest BCUT2D eigenvalue weighted by Gasteiger charge is -2.31. The van der Waals surface area contributed by atoms with Gasteiger partial charge in [0.15, 0.2) is 0 Å². The molecule has 22 heavy (non-hydrogen) atoms. The first-order valence-corrected chi connectivity index (χ1v) is 8.19. The highest BCUT2D eigenvalue weighted by atomic mass is 16.5. The standard InChI is InChI=1S/C18H24N2O2/c1-4-14-6-5-7-15-16(8-19-18(14)15)17(21)11-20-9-12(2)22-13(3)10-20/h5-8,12-13,19H,4,9-11H2,1-3H3/p+1/t12-,13-/m0/s1. The molecule has 2 N–H and O–H groups in total. The molecule has 0 radical (unpaired) electrons. The van der Waals surface area contributed by atoms with E-state index in [1.54, 1.807) is 0 Å². The average Bonchev–Trinajstić information content (AvgIpc) is 2.90. The highest BCUT2D eigenvalue weighted by Gasteiger charge is 2.28. The van der Waals surface area contributed by atoms with Crippen LogP contribution in [-0.2, 0) is 11.2 Å². The topological polar surface area (TPSA) is 46.5 Å². The van der Waals surface area contributed by atoms with Gasteiger partial charge in [0.1, 0.15) is 31.8 Å². The molecule has 1 aromatic heterocycles. The molecule has 0 spiro atoms. The molecule has 2 heterocycles. The summed E-state index contributed by atoms with van der Waals surface area (Å²) >= 11 is 0. The van der Waals surface area contributed by atoms with E-state index in [0.717, 1.165) is 36.0 Å². The molecule has 3 rings (SSSR count). The molecule has 1 aliphatic heterocycles. The van der Waals surface area contributed by atoms with Gasteiger partial charge < -0.3 is 14.6 Å². The van der Waals surface area contributed by atoms with E-state index in [9.17, 15) is 4.79 Å². The smallest absolute Gasteiger partial charge is 0.219 e. The number of rotatable bonds is 4. The zero-order chi connectivity index (χ0) is 15.7. The summed E-state index contributed by atoms with van der Waals surface area (Å²) in [5.41, 5.74) is 3.19. The SMILES string of the molecule is CCc1cccc2c(C(=O)C[NH+]3C[C@H](C)O[C@@H](C)C3)c[nH]c12. The van der Waals surface area contributed by atoms with Crippen LogP contribution in [0, 0.1) is 0 Å². The van der Waals surface area contributed by atoms with Gasteiger partial charge in [0.05, 0.1) is 0 Å². The van der Waals surface area contributed by atoms with E-state index in [-0.39, 0.29) is 18.0 Å². The molecular formula is C18H25N2O2+. The number of para-hydroxylation sites is 1. The Balaban J connectivity index is 1.81. The zero-order valence-corrected chi connectivity index (χ0v) is 13.6. The predicted molar refractivity (Wildman–Crippen MR) is 87.6 cm³/mol. The van der Waals surface area contributed by atoms with E-state index < -0.39 is 0 Å². The first-order chi connectivity index (χ1) is 10.6. The number of Topliss-reactive ketones (excluding diaryl/α,β-unsaturated/α-hetero) is 1. The van der Waals surface area contributed by atoms with Gasteiger partial charge in [0, 0.05) is 22.7 Å². The van der Waals surface area contributed by atoms with Crippen LogP contribution in [0.1, 0.15) is 36.7 Å². The Morgan fingerprint density at radius 3 is 2.73 bits per heavy atom. The molecule has 0 amide bonds. The highest BCUT2D eigenvalue weighted by molar-refractivity contribution is 6.08. The Labute approximate surface area is 131 Å². The van der Waals surface area contributed by atoms with Crippen LogP contribution in [0.15, 0.2) is 24.4 Å². The number of aryl methyl sites for hydroxylation is 1. The molecule has 0 bridgehead atoms. The monoisotopic (exact) mass is 301 g/mol. The van der Waals surface area contributed by atoms with Gasteiger partial charge in [-0.1, -0.05) is 25.1 Å². The van der Waals surface area contributed by atoms with Crippen molar-refractivity contribution in [3.05, 3.63) is 35.5 Å². The number of nitrogens with one attached hydrogen (secondary N) is 2. The van der Waals surface area contributed by atoms with Gasteiger partial charge >= 0.3 is 0 Å². The molecular weight excluding hydrogens is 276 g/mol. The normalized spacial score (nSPS) is 25.5. The Hall–Kier alpha value is -1.65. The van der Waals surface area contributed by atoms with Crippen molar-refractivity contribution in [2.24, 2.45) is 0 Å². The molecule has 0 aliphatic carbocycles. The fourth-order valence-corrected chi connectivity index (χ4v) is 3.60. The van der Waals surface area contributed by atoms with Gasteiger partial charge in [-0.15, -0.1) is 0 Å². The summed E-state index contributed by atoms with van der Waals surface area (Å²) < 4.78 is 5.75. The molecule has 4 nitrogen and oxygen atoms in total. The average molecular weight is 301 g/mol. The Kier molecular flexibility index (Phi) is 4.32. The first-order valence-electron chi connectivity index (χ1n) is 8.19. The van der Waals surface area contributed by atoms with Crippen LogP contribution >= 0.6 is 0 Å². The van der Waals surface area contributed by atoms with Crippen molar-refractivity contribution in [2.75, 3.05) is 19.6 Å². The Morgan fingerprint density at radius 1 is 1.32 bits per heavy atom. The molecule has 4 heteroatoms. The number of hydrogen-bond acceptors (Lipinski definition) is 2. The van der Waals surface area contributed by atoms with Crippen LogP contribution < -0.4 is 4.90 Å². The van der Waals surface area contributed by atoms with Crippen LogP contribution in [0.5, 0.6) is 0 Å². The summed E-state index contributed by atoms with van der Waals surface area (Å²) in [5.74, 6) is 0.218. The van der Waals surface area contributed by atoms with Crippen molar-refractivity contribution >= 4 is 16.7 Å². The molecule has 118 valence electrons. The number of carbonyl (C=O) groups excluding carboxylic acids is 1. The summed E-state index contributed by atoms with van der Waals surface area (Å²) in [7, 11) is 0. The number of morpholine rings is 1. The van der Waals surface area contributed by atoms with Crippen molar-refractivity contribution in [1.29, 1.82) is 0 Å². The molecule has 2 aromatic rings. The minimum atomic E-state index is 0.218.